The summed E-state index contributed by atoms with van der Waals surface area (Å²) >= 11 is 5.95. The number of nitrogens with zero attached hydrogens (tertiary/aromatic N) is 1. The molecule has 29 heavy (non-hydrogen) atoms. The van der Waals surface area contributed by atoms with Gasteiger partial charge in [0, 0.05) is 29.4 Å². The summed E-state index contributed by atoms with van der Waals surface area (Å²) in [6.45, 7) is 2.17. The van der Waals surface area contributed by atoms with E-state index in [4.69, 9.17) is 16.3 Å². The van der Waals surface area contributed by atoms with Gasteiger partial charge >= 0.3 is 0 Å². The molecule has 0 saturated carbocycles. The van der Waals surface area contributed by atoms with Gasteiger partial charge in [0.25, 0.3) is 0 Å². The minimum Gasteiger partial charge on any atom is -0.378 e. The summed E-state index contributed by atoms with van der Waals surface area (Å²) in [6.07, 6.45) is 1.12. The van der Waals surface area contributed by atoms with E-state index in [1.165, 1.54) is 0 Å². The maximum Gasteiger partial charge on any atom is 0.243 e. The summed E-state index contributed by atoms with van der Waals surface area (Å²) < 4.78 is 5.35. The molecule has 1 fully saturated rings. The fourth-order valence-electron chi connectivity index (χ4n) is 3.55. The number of carbonyl (C=O) groups is 2. The van der Waals surface area contributed by atoms with Crippen LogP contribution in [-0.2, 0) is 27.3 Å². The predicted molar refractivity (Wildman–Crippen MR) is 116 cm³/mol. The van der Waals surface area contributed by atoms with Crippen LogP contribution in [0.4, 0.5) is 11.4 Å². The lowest BCUT2D eigenvalue weighted by atomic mass is 9.99. The number of aryl methyl sites for hydroxylation is 1. The normalized spacial score (nSPS) is 18.6. The maximum absolute atomic E-state index is 12.5. The number of rotatable bonds is 4. The number of hydrogen-bond acceptors (Lipinski definition) is 4. The lowest BCUT2D eigenvalue weighted by Gasteiger charge is -2.30. The molecule has 0 bridgehead atoms. The highest BCUT2D eigenvalue weighted by atomic mass is 35.5. The molecule has 2 aromatic rings. The van der Waals surface area contributed by atoms with Crippen molar-refractivity contribution in [1.29, 1.82) is 0 Å². The Labute approximate surface area is 181 Å². The second-order valence-corrected chi connectivity index (χ2v) is 7.46. The van der Waals surface area contributed by atoms with Gasteiger partial charge in [-0.25, -0.2) is 0 Å². The van der Waals surface area contributed by atoms with Crippen molar-refractivity contribution in [2.45, 2.75) is 25.4 Å². The van der Waals surface area contributed by atoms with Crippen molar-refractivity contribution >= 4 is 47.2 Å². The number of fused-ring (bicyclic) bond motifs is 1. The number of morpholine rings is 1. The van der Waals surface area contributed by atoms with Crippen molar-refractivity contribution < 1.29 is 14.3 Å². The minimum atomic E-state index is -0.340. The first kappa shape index (κ1) is 21.6. The fourth-order valence-corrected chi connectivity index (χ4v) is 3.67. The summed E-state index contributed by atoms with van der Waals surface area (Å²) in [5.41, 5.74) is 3.70. The zero-order valence-electron chi connectivity index (χ0n) is 15.8. The number of ether oxygens (including phenoxy) is 1. The molecule has 2 N–H and O–H groups in total. The second kappa shape index (κ2) is 9.59. The number of hydrogen-bond donors (Lipinski definition) is 2. The lowest BCUT2D eigenvalue weighted by molar-refractivity contribution is -0.121. The molecule has 0 aromatic heterocycles. The van der Waals surface area contributed by atoms with E-state index < -0.39 is 0 Å². The van der Waals surface area contributed by atoms with E-state index in [9.17, 15) is 9.59 Å². The Bertz CT molecular complexity index is 883. The smallest absolute Gasteiger partial charge is 0.243 e. The van der Waals surface area contributed by atoms with E-state index in [2.05, 4.69) is 10.6 Å². The Hall–Kier alpha value is -2.12. The number of nitrogens with one attached hydrogen (secondary N) is 2. The van der Waals surface area contributed by atoms with Crippen LogP contribution >= 0.6 is 24.0 Å². The van der Waals surface area contributed by atoms with Crippen molar-refractivity contribution in [3.05, 3.63) is 58.6 Å². The molecular weight excluding hydrogens is 413 g/mol. The number of amides is 2. The van der Waals surface area contributed by atoms with Gasteiger partial charge in [-0.3, -0.25) is 9.59 Å². The van der Waals surface area contributed by atoms with E-state index in [0.717, 1.165) is 22.5 Å². The Morgan fingerprint density at radius 3 is 2.72 bits per heavy atom. The maximum atomic E-state index is 12.5. The molecule has 1 unspecified atom stereocenters. The minimum absolute atomic E-state index is 0. The molecule has 0 radical (unpaired) electrons. The summed E-state index contributed by atoms with van der Waals surface area (Å²) in [5, 5.41) is 6.76. The van der Waals surface area contributed by atoms with E-state index >= 15 is 0 Å². The fraction of sp³-hybridized carbons (Fsp3) is 0.333. The molecule has 8 heteroatoms. The summed E-state index contributed by atoms with van der Waals surface area (Å²) in [4.78, 5) is 26.7. The van der Waals surface area contributed by atoms with E-state index in [0.29, 0.717) is 44.2 Å². The molecule has 2 aromatic carbocycles. The number of benzene rings is 2. The summed E-state index contributed by atoms with van der Waals surface area (Å²) in [6, 6.07) is 12.9. The number of anilines is 2. The lowest BCUT2D eigenvalue weighted by Crippen LogP contribution is -2.48. The zero-order chi connectivity index (χ0) is 19.5. The van der Waals surface area contributed by atoms with Gasteiger partial charge in [0.1, 0.15) is 6.04 Å². The standard InChI is InChI=1S/C21H22ClN3O3.ClH/c22-16-4-1-14(2-5-16)12-25-19-7-6-17(11-15(19)3-8-20(25)26)24-21(27)18-13-28-10-9-23-18;/h1-2,4-7,11,18,23H,3,8-10,12-13H2,(H,24,27);1H. The van der Waals surface area contributed by atoms with Crippen molar-refractivity contribution in [1.82, 2.24) is 5.32 Å². The summed E-state index contributed by atoms with van der Waals surface area (Å²) in [5.74, 6) is -0.00709. The van der Waals surface area contributed by atoms with Crippen LogP contribution in [0.3, 0.4) is 0 Å². The van der Waals surface area contributed by atoms with Crippen molar-refractivity contribution in [2.75, 3.05) is 30.0 Å². The highest BCUT2D eigenvalue weighted by molar-refractivity contribution is 6.30. The van der Waals surface area contributed by atoms with Gasteiger partial charge in [-0.1, -0.05) is 23.7 Å². The van der Waals surface area contributed by atoms with Gasteiger partial charge in [0.05, 0.1) is 19.8 Å². The van der Waals surface area contributed by atoms with Crippen LogP contribution in [-0.4, -0.2) is 37.6 Å². The van der Waals surface area contributed by atoms with Gasteiger partial charge in [-0.2, -0.15) is 0 Å². The highest BCUT2D eigenvalue weighted by Gasteiger charge is 2.26. The predicted octanol–water partition coefficient (Wildman–Crippen LogP) is 3.17. The Balaban J connectivity index is 0.00000240. The molecule has 2 amide bonds. The summed E-state index contributed by atoms with van der Waals surface area (Å²) in [7, 11) is 0. The first-order valence-electron chi connectivity index (χ1n) is 9.40. The highest BCUT2D eigenvalue weighted by Crippen LogP contribution is 2.31. The third-order valence-corrected chi connectivity index (χ3v) is 5.29. The second-order valence-electron chi connectivity index (χ2n) is 7.02. The average molecular weight is 436 g/mol. The quantitative estimate of drug-likeness (QED) is 0.773. The third-order valence-electron chi connectivity index (χ3n) is 5.04. The number of halogens is 2. The van der Waals surface area contributed by atoms with E-state index in [1.807, 2.05) is 42.5 Å². The average Bonchev–Trinajstić information content (AvgIpc) is 2.72. The van der Waals surface area contributed by atoms with Crippen LogP contribution in [0.1, 0.15) is 17.5 Å². The van der Waals surface area contributed by atoms with Crippen LogP contribution in [0.2, 0.25) is 5.02 Å². The first-order chi connectivity index (χ1) is 13.6. The van der Waals surface area contributed by atoms with Crippen LogP contribution < -0.4 is 15.5 Å². The SMILES string of the molecule is Cl.O=C(Nc1ccc2c(c1)CCC(=O)N2Cc1ccc(Cl)cc1)C1COCCN1. The molecule has 0 spiro atoms. The molecule has 6 nitrogen and oxygen atoms in total. The molecular formula is C21H23Cl2N3O3. The van der Waals surface area contributed by atoms with Crippen LogP contribution in [0.5, 0.6) is 0 Å². The van der Waals surface area contributed by atoms with Crippen LogP contribution in [0.25, 0.3) is 0 Å². The Kier molecular flexibility index (Phi) is 7.14. The topological polar surface area (TPSA) is 70.7 Å². The largest absolute Gasteiger partial charge is 0.378 e. The zero-order valence-corrected chi connectivity index (χ0v) is 17.4. The van der Waals surface area contributed by atoms with Gasteiger partial charge in [0.15, 0.2) is 0 Å². The van der Waals surface area contributed by atoms with E-state index in [-0.39, 0.29) is 30.3 Å². The van der Waals surface area contributed by atoms with Crippen molar-refractivity contribution in [2.24, 2.45) is 0 Å². The third kappa shape index (κ3) is 5.08. The van der Waals surface area contributed by atoms with Gasteiger partial charge in [-0.05, 0) is 47.9 Å². The molecule has 2 aliphatic rings. The van der Waals surface area contributed by atoms with Crippen LogP contribution in [0.15, 0.2) is 42.5 Å². The first-order valence-corrected chi connectivity index (χ1v) is 9.78. The molecule has 1 saturated heterocycles. The Morgan fingerprint density at radius 2 is 2.00 bits per heavy atom. The van der Waals surface area contributed by atoms with Gasteiger partial charge < -0.3 is 20.3 Å². The van der Waals surface area contributed by atoms with Crippen molar-refractivity contribution in [3.8, 4) is 0 Å². The monoisotopic (exact) mass is 435 g/mol. The van der Waals surface area contributed by atoms with Crippen LogP contribution in [0, 0.1) is 0 Å². The Morgan fingerprint density at radius 1 is 1.21 bits per heavy atom. The van der Waals surface area contributed by atoms with Gasteiger partial charge in [0.2, 0.25) is 11.8 Å². The molecule has 1 atom stereocenters. The molecule has 2 heterocycles. The molecule has 0 aliphatic carbocycles. The molecule has 154 valence electrons. The van der Waals surface area contributed by atoms with Gasteiger partial charge in [-0.15, -0.1) is 12.4 Å². The number of carbonyl (C=O) groups excluding carboxylic acids is 2. The molecule has 2 aliphatic heterocycles. The van der Waals surface area contributed by atoms with Crippen molar-refractivity contribution in [3.63, 3.8) is 0 Å². The molecule has 4 rings (SSSR count). The van der Waals surface area contributed by atoms with E-state index in [1.54, 1.807) is 4.90 Å².